The third kappa shape index (κ3) is 8.49. The number of hydrogen-bond donors (Lipinski definition) is 2. The predicted octanol–water partition coefficient (Wildman–Crippen LogP) is 4.05. The highest BCUT2D eigenvalue weighted by Crippen LogP contribution is 2.31. The van der Waals surface area contributed by atoms with Crippen LogP contribution in [0.1, 0.15) is 28.8 Å². The van der Waals surface area contributed by atoms with Gasteiger partial charge in [0.15, 0.2) is 0 Å². The summed E-state index contributed by atoms with van der Waals surface area (Å²) in [5, 5.41) is 6.14. The molecule has 3 aromatic carbocycles. The maximum absolute atomic E-state index is 13.6. The first kappa shape index (κ1) is 30.4. The zero-order valence-corrected chi connectivity index (χ0v) is 25.1. The van der Waals surface area contributed by atoms with Crippen molar-refractivity contribution >= 4 is 28.9 Å². The minimum Gasteiger partial charge on any atom is -0.495 e. The number of morpholine rings is 1. The molecule has 0 unspecified atom stereocenters. The molecule has 3 aromatic rings. The molecule has 0 aromatic heterocycles. The van der Waals surface area contributed by atoms with E-state index < -0.39 is 0 Å². The molecule has 2 saturated heterocycles. The third-order valence-electron chi connectivity index (χ3n) is 8.10. The normalized spacial score (nSPS) is 15.7. The predicted molar refractivity (Wildman–Crippen MR) is 171 cm³/mol. The van der Waals surface area contributed by atoms with Crippen LogP contribution in [0.5, 0.6) is 5.75 Å². The fourth-order valence-electron chi connectivity index (χ4n) is 5.70. The van der Waals surface area contributed by atoms with Crippen LogP contribution in [0.4, 0.5) is 17.1 Å². The van der Waals surface area contributed by atoms with Crippen molar-refractivity contribution in [2.24, 2.45) is 0 Å². The van der Waals surface area contributed by atoms with Crippen molar-refractivity contribution in [3.63, 3.8) is 0 Å². The number of nitrogens with one attached hydrogen (secondary N) is 2. The van der Waals surface area contributed by atoms with E-state index in [2.05, 4.69) is 31.4 Å². The van der Waals surface area contributed by atoms with E-state index in [9.17, 15) is 9.59 Å². The van der Waals surface area contributed by atoms with E-state index >= 15 is 0 Å². The molecule has 0 saturated carbocycles. The molecule has 5 rings (SSSR count). The number of benzene rings is 3. The summed E-state index contributed by atoms with van der Waals surface area (Å²) in [4.78, 5) is 33.3. The van der Waals surface area contributed by atoms with E-state index in [1.54, 1.807) is 7.11 Å². The van der Waals surface area contributed by atoms with Crippen molar-refractivity contribution in [2.75, 3.05) is 87.8 Å². The first-order valence-corrected chi connectivity index (χ1v) is 15.3. The van der Waals surface area contributed by atoms with Gasteiger partial charge in [0, 0.05) is 63.6 Å². The van der Waals surface area contributed by atoms with E-state index in [1.807, 2.05) is 66.7 Å². The molecule has 0 radical (unpaired) electrons. The second-order valence-corrected chi connectivity index (χ2v) is 11.0. The van der Waals surface area contributed by atoms with Gasteiger partial charge in [0.05, 0.1) is 31.6 Å². The van der Waals surface area contributed by atoms with E-state index in [4.69, 9.17) is 9.47 Å². The van der Waals surface area contributed by atoms with Crippen molar-refractivity contribution in [3.8, 4) is 5.75 Å². The van der Waals surface area contributed by atoms with Gasteiger partial charge < -0.3 is 29.9 Å². The molecule has 0 bridgehead atoms. The molecule has 9 nitrogen and oxygen atoms in total. The zero-order chi connectivity index (χ0) is 29.9. The summed E-state index contributed by atoms with van der Waals surface area (Å²) < 4.78 is 11.0. The Morgan fingerprint density at radius 1 is 0.837 bits per heavy atom. The molecule has 2 amide bonds. The molecular formula is C34H43N5O4. The van der Waals surface area contributed by atoms with Gasteiger partial charge in [0.25, 0.3) is 5.91 Å². The number of nitrogens with zero attached hydrogens (tertiary/aromatic N) is 3. The molecule has 2 aliphatic rings. The smallest absolute Gasteiger partial charge is 0.253 e. The lowest BCUT2D eigenvalue weighted by molar-refractivity contribution is -0.116. The fourth-order valence-corrected chi connectivity index (χ4v) is 5.70. The Morgan fingerprint density at radius 2 is 1.53 bits per heavy atom. The van der Waals surface area contributed by atoms with Crippen molar-refractivity contribution < 1.29 is 19.1 Å². The summed E-state index contributed by atoms with van der Waals surface area (Å²) in [5.74, 6) is 0.670. The molecule has 9 heteroatoms. The number of amides is 2. The van der Waals surface area contributed by atoms with Crippen molar-refractivity contribution in [1.29, 1.82) is 0 Å². The molecule has 43 heavy (non-hydrogen) atoms. The van der Waals surface area contributed by atoms with Crippen molar-refractivity contribution in [3.05, 3.63) is 83.9 Å². The van der Waals surface area contributed by atoms with Crippen LogP contribution in [-0.4, -0.2) is 89.4 Å². The number of carbonyl (C=O) groups excluding carboxylic acids is 2. The number of anilines is 3. The Hall–Kier alpha value is -4.08. The molecule has 0 aliphatic carbocycles. The van der Waals surface area contributed by atoms with E-state index in [0.29, 0.717) is 30.6 Å². The van der Waals surface area contributed by atoms with Gasteiger partial charge in [-0.2, -0.15) is 0 Å². The van der Waals surface area contributed by atoms with E-state index in [0.717, 1.165) is 88.1 Å². The lowest BCUT2D eigenvalue weighted by Crippen LogP contribution is -2.47. The van der Waals surface area contributed by atoms with Crippen LogP contribution in [0.3, 0.4) is 0 Å². The first-order chi connectivity index (χ1) is 21.1. The molecule has 2 fully saturated rings. The molecule has 2 aliphatic heterocycles. The number of carbonyl (C=O) groups is 2. The molecule has 0 spiro atoms. The molecule has 2 heterocycles. The average Bonchev–Trinajstić information content (AvgIpc) is 3.06. The minimum absolute atomic E-state index is 0.0705. The Bertz CT molecular complexity index is 1340. The Labute approximate surface area is 254 Å². The summed E-state index contributed by atoms with van der Waals surface area (Å²) >= 11 is 0. The van der Waals surface area contributed by atoms with Crippen LogP contribution >= 0.6 is 0 Å². The fraction of sp³-hybridized carbons (Fsp3) is 0.412. The summed E-state index contributed by atoms with van der Waals surface area (Å²) in [6, 6.07) is 23.7. The second-order valence-electron chi connectivity index (χ2n) is 11.0. The number of para-hydroxylation sites is 2. The van der Waals surface area contributed by atoms with Gasteiger partial charge in [-0.3, -0.25) is 14.5 Å². The summed E-state index contributed by atoms with van der Waals surface area (Å²) in [5.41, 5.74) is 4.30. The van der Waals surface area contributed by atoms with Crippen LogP contribution in [0, 0.1) is 0 Å². The molecule has 2 N–H and O–H groups in total. The monoisotopic (exact) mass is 585 g/mol. The quantitative estimate of drug-likeness (QED) is 0.310. The average molecular weight is 586 g/mol. The molecule has 0 atom stereocenters. The number of methoxy groups -OCH3 is 1. The standard InChI is InChI=1S/C34H43N5O4/c1-42-32-11-6-5-10-31(32)39-20-18-38(19-21-39)30-14-13-28(36-33(40)15-12-27-8-3-2-4-9-27)26-29(30)34(41)35-16-7-17-37-22-24-43-25-23-37/h2-6,8-11,13-14,26H,7,12,15-25H2,1H3,(H,35,41)(H,36,40). The van der Waals surface area contributed by atoms with Crippen LogP contribution in [0.2, 0.25) is 0 Å². The molecular weight excluding hydrogens is 542 g/mol. The van der Waals surface area contributed by atoms with Gasteiger partial charge in [0.1, 0.15) is 5.75 Å². The number of hydrogen-bond acceptors (Lipinski definition) is 7. The maximum atomic E-state index is 13.6. The largest absolute Gasteiger partial charge is 0.495 e. The Balaban J connectivity index is 1.25. The highest BCUT2D eigenvalue weighted by atomic mass is 16.5. The lowest BCUT2D eigenvalue weighted by atomic mass is 10.1. The number of rotatable bonds is 12. The first-order valence-electron chi connectivity index (χ1n) is 15.3. The van der Waals surface area contributed by atoms with Gasteiger partial charge >= 0.3 is 0 Å². The maximum Gasteiger partial charge on any atom is 0.253 e. The summed E-state index contributed by atoms with van der Waals surface area (Å²) in [6.07, 6.45) is 1.91. The number of piperazine rings is 1. The van der Waals surface area contributed by atoms with Crippen LogP contribution in [0.15, 0.2) is 72.8 Å². The highest BCUT2D eigenvalue weighted by molar-refractivity contribution is 6.02. The van der Waals surface area contributed by atoms with Crippen LogP contribution in [-0.2, 0) is 16.0 Å². The van der Waals surface area contributed by atoms with Gasteiger partial charge in [-0.15, -0.1) is 0 Å². The summed E-state index contributed by atoms with van der Waals surface area (Å²) in [6.45, 7) is 8.06. The van der Waals surface area contributed by atoms with Gasteiger partial charge in [-0.05, 0) is 55.3 Å². The van der Waals surface area contributed by atoms with Crippen LogP contribution in [0.25, 0.3) is 0 Å². The summed E-state index contributed by atoms with van der Waals surface area (Å²) in [7, 11) is 1.70. The van der Waals surface area contributed by atoms with Crippen molar-refractivity contribution in [1.82, 2.24) is 10.2 Å². The molecule has 228 valence electrons. The number of aryl methyl sites for hydroxylation is 1. The van der Waals surface area contributed by atoms with Crippen LogP contribution < -0.4 is 25.2 Å². The lowest BCUT2D eigenvalue weighted by Gasteiger charge is -2.38. The Kier molecular flexibility index (Phi) is 10.9. The van der Waals surface area contributed by atoms with E-state index in [-0.39, 0.29) is 11.8 Å². The van der Waals surface area contributed by atoms with E-state index in [1.165, 1.54) is 0 Å². The topological polar surface area (TPSA) is 86.4 Å². The number of ether oxygens (including phenoxy) is 2. The second kappa shape index (κ2) is 15.4. The SMILES string of the molecule is COc1ccccc1N1CCN(c2ccc(NC(=O)CCc3ccccc3)cc2C(=O)NCCCN2CCOCC2)CC1. The minimum atomic E-state index is -0.121. The van der Waals surface area contributed by atoms with Gasteiger partial charge in [-0.25, -0.2) is 0 Å². The third-order valence-corrected chi connectivity index (χ3v) is 8.10. The van der Waals surface area contributed by atoms with Crippen molar-refractivity contribution in [2.45, 2.75) is 19.3 Å². The highest BCUT2D eigenvalue weighted by Gasteiger charge is 2.24. The van der Waals surface area contributed by atoms with Gasteiger partial charge in [0.2, 0.25) is 5.91 Å². The zero-order valence-electron chi connectivity index (χ0n) is 25.1. The Morgan fingerprint density at radius 3 is 2.28 bits per heavy atom. The van der Waals surface area contributed by atoms with Gasteiger partial charge in [-0.1, -0.05) is 42.5 Å².